The zero-order valence-corrected chi connectivity index (χ0v) is 11.8. The van der Waals surface area contributed by atoms with E-state index in [9.17, 15) is 4.79 Å². The van der Waals surface area contributed by atoms with Gasteiger partial charge in [-0.15, -0.1) is 0 Å². The van der Waals surface area contributed by atoms with E-state index in [1.807, 2.05) is 30.3 Å². The van der Waals surface area contributed by atoms with Gasteiger partial charge in [0.2, 0.25) is 0 Å². The molecule has 106 valence electrons. The number of hydrogen-bond acceptors (Lipinski definition) is 4. The normalized spacial score (nSPS) is 10.6. The average molecular weight is 282 g/mol. The van der Waals surface area contributed by atoms with Crippen molar-refractivity contribution in [3.63, 3.8) is 0 Å². The summed E-state index contributed by atoms with van der Waals surface area (Å²) in [5, 5.41) is 0.783. The van der Waals surface area contributed by atoms with Crippen LogP contribution >= 0.6 is 0 Å². The molecule has 0 aliphatic rings. The maximum absolute atomic E-state index is 12.1. The van der Waals surface area contributed by atoms with Crippen LogP contribution in [-0.2, 0) is 0 Å². The summed E-state index contributed by atoms with van der Waals surface area (Å²) in [6.07, 6.45) is 0. The van der Waals surface area contributed by atoms with Crippen LogP contribution in [-0.4, -0.2) is 14.2 Å². The van der Waals surface area contributed by atoms with Crippen LogP contribution < -0.4 is 15.1 Å². The quantitative estimate of drug-likeness (QED) is 0.690. The summed E-state index contributed by atoms with van der Waals surface area (Å²) in [5.74, 6) is 1.12. The Morgan fingerprint density at radius 2 is 1.57 bits per heavy atom. The lowest BCUT2D eigenvalue weighted by atomic mass is 10.1. The predicted molar refractivity (Wildman–Crippen MR) is 81.0 cm³/mol. The molecular weight excluding hydrogens is 268 g/mol. The standard InChI is InChI=1S/C17H14O4/c1-19-15-9-12-8-13(11-6-4-3-5-7-11)17(18)21-14(12)10-16(15)20-2/h3-10H,1-2H3. The van der Waals surface area contributed by atoms with Crippen LogP contribution in [0.3, 0.4) is 0 Å². The minimum absolute atomic E-state index is 0.374. The van der Waals surface area contributed by atoms with E-state index in [0.29, 0.717) is 22.6 Å². The van der Waals surface area contributed by atoms with Crippen LogP contribution in [0, 0.1) is 0 Å². The van der Waals surface area contributed by atoms with Crippen LogP contribution in [0.4, 0.5) is 0 Å². The topological polar surface area (TPSA) is 48.7 Å². The third-order valence-electron chi connectivity index (χ3n) is 3.32. The molecule has 0 atom stereocenters. The smallest absolute Gasteiger partial charge is 0.344 e. The highest BCUT2D eigenvalue weighted by atomic mass is 16.5. The molecule has 0 aliphatic carbocycles. The van der Waals surface area contributed by atoms with E-state index in [-0.39, 0.29) is 5.63 Å². The van der Waals surface area contributed by atoms with Gasteiger partial charge in [0, 0.05) is 11.5 Å². The van der Waals surface area contributed by atoms with Crippen molar-refractivity contribution < 1.29 is 13.9 Å². The van der Waals surface area contributed by atoms with Crippen LogP contribution in [0.25, 0.3) is 22.1 Å². The van der Waals surface area contributed by atoms with E-state index >= 15 is 0 Å². The second-order valence-corrected chi connectivity index (χ2v) is 4.56. The van der Waals surface area contributed by atoms with Gasteiger partial charge in [-0.2, -0.15) is 0 Å². The summed E-state index contributed by atoms with van der Waals surface area (Å²) in [5.41, 5.74) is 1.44. The molecule has 4 heteroatoms. The van der Waals surface area contributed by atoms with Gasteiger partial charge in [-0.25, -0.2) is 4.79 Å². The Hall–Kier alpha value is -2.75. The van der Waals surface area contributed by atoms with E-state index in [2.05, 4.69) is 0 Å². The summed E-state index contributed by atoms with van der Waals surface area (Å²) in [6.45, 7) is 0. The number of hydrogen-bond donors (Lipinski definition) is 0. The molecule has 0 aliphatic heterocycles. The molecule has 0 spiro atoms. The number of methoxy groups -OCH3 is 2. The molecule has 0 saturated carbocycles. The maximum Gasteiger partial charge on any atom is 0.344 e. The summed E-state index contributed by atoms with van der Waals surface area (Å²) in [4.78, 5) is 12.1. The molecule has 3 aromatic rings. The lowest BCUT2D eigenvalue weighted by molar-refractivity contribution is 0.355. The van der Waals surface area contributed by atoms with Crippen molar-refractivity contribution in [1.29, 1.82) is 0 Å². The van der Waals surface area contributed by atoms with Gasteiger partial charge in [-0.05, 0) is 17.7 Å². The second-order valence-electron chi connectivity index (χ2n) is 4.56. The van der Waals surface area contributed by atoms with E-state index in [4.69, 9.17) is 13.9 Å². The molecule has 0 saturated heterocycles. The Morgan fingerprint density at radius 1 is 0.905 bits per heavy atom. The highest BCUT2D eigenvalue weighted by Crippen LogP contribution is 2.32. The van der Waals surface area contributed by atoms with Crippen molar-refractivity contribution in [2.75, 3.05) is 14.2 Å². The second kappa shape index (κ2) is 5.32. The Labute approximate surface area is 121 Å². The van der Waals surface area contributed by atoms with E-state index in [1.54, 1.807) is 32.4 Å². The maximum atomic E-state index is 12.1. The molecule has 3 rings (SSSR count). The molecule has 1 heterocycles. The first-order chi connectivity index (χ1) is 10.2. The van der Waals surface area contributed by atoms with Crippen LogP contribution in [0.1, 0.15) is 0 Å². The minimum Gasteiger partial charge on any atom is -0.493 e. The fourth-order valence-corrected chi connectivity index (χ4v) is 2.27. The zero-order chi connectivity index (χ0) is 14.8. The summed E-state index contributed by atoms with van der Waals surface area (Å²) >= 11 is 0. The number of ether oxygens (including phenoxy) is 2. The first-order valence-electron chi connectivity index (χ1n) is 6.48. The van der Waals surface area contributed by atoms with Crippen molar-refractivity contribution in [2.45, 2.75) is 0 Å². The van der Waals surface area contributed by atoms with Gasteiger partial charge >= 0.3 is 5.63 Å². The molecule has 0 amide bonds. The Morgan fingerprint density at radius 3 is 2.24 bits per heavy atom. The summed E-state index contributed by atoms with van der Waals surface area (Å²) in [7, 11) is 3.11. The van der Waals surface area contributed by atoms with Crippen molar-refractivity contribution in [3.05, 3.63) is 59.0 Å². The molecule has 2 aromatic carbocycles. The monoisotopic (exact) mass is 282 g/mol. The average Bonchev–Trinajstić information content (AvgIpc) is 2.53. The summed E-state index contributed by atoms with van der Waals surface area (Å²) in [6, 6.07) is 14.7. The molecule has 0 bridgehead atoms. The van der Waals surface area contributed by atoms with E-state index < -0.39 is 0 Å². The van der Waals surface area contributed by atoms with Gasteiger partial charge in [-0.1, -0.05) is 30.3 Å². The van der Waals surface area contributed by atoms with E-state index in [1.165, 1.54) is 0 Å². The van der Waals surface area contributed by atoms with Crippen molar-refractivity contribution in [1.82, 2.24) is 0 Å². The van der Waals surface area contributed by atoms with Crippen molar-refractivity contribution in [2.24, 2.45) is 0 Å². The fraction of sp³-hybridized carbons (Fsp3) is 0.118. The van der Waals surface area contributed by atoms with Gasteiger partial charge < -0.3 is 13.9 Å². The molecule has 4 nitrogen and oxygen atoms in total. The third-order valence-corrected chi connectivity index (χ3v) is 3.32. The SMILES string of the molecule is COc1cc2cc(-c3ccccc3)c(=O)oc2cc1OC. The van der Waals surface area contributed by atoms with Gasteiger partial charge in [0.1, 0.15) is 5.58 Å². The van der Waals surface area contributed by atoms with Crippen LogP contribution in [0.15, 0.2) is 57.7 Å². The van der Waals surface area contributed by atoms with E-state index in [0.717, 1.165) is 10.9 Å². The molecule has 21 heavy (non-hydrogen) atoms. The molecule has 0 N–H and O–H groups in total. The van der Waals surface area contributed by atoms with Gasteiger partial charge in [0.25, 0.3) is 0 Å². The Kier molecular flexibility index (Phi) is 3.36. The van der Waals surface area contributed by atoms with Crippen LogP contribution in [0.2, 0.25) is 0 Å². The Balaban J connectivity index is 2.26. The van der Waals surface area contributed by atoms with Crippen molar-refractivity contribution in [3.8, 4) is 22.6 Å². The Bertz CT molecular complexity index is 835. The highest BCUT2D eigenvalue weighted by Gasteiger charge is 2.11. The molecule has 0 radical (unpaired) electrons. The predicted octanol–water partition coefficient (Wildman–Crippen LogP) is 3.48. The molecule has 0 unspecified atom stereocenters. The molecular formula is C17H14O4. The van der Waals surface area contributed by atoms with Crippen molar-refractivity contribution >= 4 is 11.0 Å². The highest BCUT2D eigenvalue weighted by molar-refractivity contribution is 5.84. The lowest BCUT2D eigenvalue weighted by Crippen LogP contribution is -2.03. The third kappa shape index (κ3) is 2.36. The van der Waals surface area contributed by atoms with Gasteiger partial charge in [0.05, 0.1) is 19.8 Å². The fourth-order valence-electron chi connectivity index (χ4n) is 2.27. The molecule has 0 fully saturated rings. The minimum atomic E-state index is -0.374. The first kappa shape index (κ1) is 13.2. The zero-order valence-electron chi connectivity index (χ0n) is 11.8. The molecule has 1 aromatic heterocycles. The lowest BCUT2D eigenvalue weighted by Gasteiger charge is -2.09. The summed E-state index contributed by atoms with van der Waals surface area (Å²) < 4.78 is 15.9. The first-order valence-corrected chi connectivity index (χ1v) is 6.48. The largest absolute Gasteiger partial charge is 0.493 e. The van der Waals surface area contributed by atoms with Crippen LogP contribution in [0.5, 0.6) is 11.5 Å². The van der Waals surface area contributed by atoms with Gasteiger partial charge in [0.15, 0.2) is 11.5 Å². The number of rotatable bonds is 3. The number of fused-ring (bicyclic) bond motifs is 1. The number of benzene rings is 2. The van der Waals surface area contributed by atoms with Gasteiger partial charge in [-0.3, -0.25) is 0 Å².